The van der Waals surface area contributed by atoms with Crippen LogP contribution in [0.2, 0.25) is 0 Å². The topological polar surface area (TPSA) is 17.1 Å². The number of carbonyl (C=O) groups excluding carboxylic acids is 1. The van der Waals surface area contributed by atoms with Crippen molar-refractivity contribution in [1.82, 2.24) is 0 Å². The van der Waals surface area contributed by atoms with Gasteiger partial charge in [0.25, 0.3) is 5.92 Å². The molecule has 0 aliphatic heterocycles. The van der Waals surface area contributed by atoms with E-state index in [1.165, 1.54) is 0 Å². The highest BCUT2D eigenvalue weighted by Gasteiger charge is 2.72. The van der Waals surface area contributed by atoms with Crippen LogP contribution in [0.1, 0.15) is 33.6 Å². The number of hydrogen-bond donors (Lipinski definition) is 0. The van der Waals surface area contributed by atoms with E-state index in [1.54, 1.807) is 20.8 Å². The molecule has 0 saturated heterocycles. The molecule has 2 fully saturated rings. The van der Waals surface area contributed by atoms with E-state index in [0.717, 1.165) is 0 Å². The molecule has 2 rings (SSSR count). The summed E-state index contributed by atoms with van der Waals surface area (Å²) in [6, 6.07) is 0. The van der Waals surface area contributed by atoms with Crippen LogP contribution in [-0.2, 0) is 4.79 Å². The van der Waals surface area contributed by atoms with Gasteiger partial charge < -0.3 is 0 Å². The molecule has 2 bridgehead atoms. The molecule has 0 aromatic heterocycles. The normalized spacial score (nSPS) is 45.6. The number of Topliss-reactive ketones (excluding diaryl/α,β-unsaturated/α-hetero) is 1. The standard InChI is InChI=1S/C10H14F2O/c1-8(2)6-4-7(13)9(8,3)5-10(6,11)12/h6H,4-5H2,1-3H3/t6-,9+/m0/s1. The number of halogens is 2. The number of alkyl halides is 2. The highest BCUT2D eigenvalue weighted by Crippen LogP contribution is 2.68. The highest BCUT2D eigenvalue weighted by molar-refractivity contribution is 5.89. The van der Waals surface area contributed by atoms with E-state index < -0.39 is 22.7 Å². The SMILES string of the molecule is CC1(C)[C@@H]2CC(=O)[C@@]1(C)CC2(F)F. The number of hydrogen-bond acceptors (Lipinski definition) is 1. The van der Waals surface area contributed by atoms with Crippen molar-refractivity contribution in [3.8, 4) is 0 Å². The smallest absolute Gasteiger partial charge is 0.252 e. The van der Waals surface area contributed by atoms with Gasteiger partial charge in [-0.15, -0.1) is 0 Å². The number of carbonyl (C=O) groups is 1. The van der Waals surface area contributed by atoms with E-state index >= 15 is 0 Å². The minimum atomic E-state index is -2.63. The molecule has 1 nitrogen and oxygen atoms in total. The first-order chi connectivity index (χ1) is 5.72. The predicted octanol–water partition coefficient (Wildman–Crippen LogP) is 2.65. The molecule has 74 valence electrons. The van der Waals surface area contributed by atoms with Gasteiger partial charge in [0, 0.05) is 24.2 Å². The summed E-state index contributed by atoms with van der Waals surface area (Å²) in [4.78, 5) is 11.5. The maximum Gasteiger partial charge on any atom is 0.252 e. The highest BCUT2D eigenvalue weighted by atomic mass is 19.3. The van der Waals surface area contributed by atoms with Crippen molar-refractivity contribution in [3.63, 3.8) is 0 Å². The van der Waals surface area contributed by atoms with Gasteiger partial charge in [-0.2, -0.15) is 0 Å². The van der Waals surface area contributed by atoms with Crippen molar-refractivity contribution in [2.24, 2.45) is 16.7 Å². The average molecular weight is 188 g/mol. The van der Waals surface area contributed by atoms with Crippen LogP contribution in [0, 0.1) is 16.7 Å². The summed E-state index contributed by atoms with van der Waals surface area (Å²) in [5, 5.41) is 0. The molecule has 0 radical (unpaired) electrons. The molecular formula is C10H14F2O. The molecule has 0 aromatic rings. The molecule has 0 amide bonds. The lowest BCUT2D eigenvalue weighted by atomic mass is 9.70. The molecule has 2 atom stereocenters. The molecule has 0 heterocycles. The zero-order chi connectivity index (χ0) is 10.1. The molecule has 3 heteroatoms. The third-order valence-corrected chi connectivity index (χ3v) is 4.40. The van der Waals surface area contributed by atoms with Crippen LogP contribution >= 0.6 is 0 Å². The Morgan fingerprint density at radius 2 is 1.85 bits per heavy atom. The van der Waals surface area contributed by atoms with Gasteiger partial charge in [-0.3, -0.25) is 4.79 Å². The van der Waals surface area contributed by atoms with Crippen LogP contribution in [0.4, 0.5) is 8.78 Å². The van der Waals surface area contributed by atoms with Crippen molar-refractivity contribution in [3.05, 3.63) is 0 Å². The average Bonchev–Trinajstić information content (AvgIpc) is 2.16. The fourth-order valence-electron chi connectivity index (χ4n) is 3.01. The van der Waals surface area contributed by atoms with Crippen LogP contribution in [0.15, 0.2) is 0 Å². The van der Waals surface area contributed by atoms with E-state index in [-0.39, 0.29) is 18.6 Å². The number of fused-ring (bicyclic) bond motifs is 2. The lowest BCUT2D eigenvalue weighted by molar-refractivity contribution is -0.135. The van der Waals surface area contributed by atoms with E-state index in [9.17, 15) is 13.6 Å². The second kappa shape index (κ2) is 1.96. The number of rotatable bonds is 0. The van der Waals surface area contributed by atoms with E-state index in [4.69, 9.17) is 0 Å². The minimum Gasteiger partial charge on any atom is -0.299 e. The van der Waals surface area contributed by atoms with Gasteiger partial charge in [0.1, 0.15) is 5.78 Å². The molecule has 2 aliphatic rings. The lowest BCUT2D eigenvalue weighted by Crippen LogP contribution is -2.33. The Balaban J connectivity index is 2.52. The summed E-state index contributed by atoms with van der Waals surface area (Å²) in [5.41, 5.74) is -1.32. The van der Waals surface area contributed by atoms with Gasteiger partial charge in [-0.05, 0) is 5.41 Å². The van der Waals surface area contributed by atoms with E-state index in [2.05, 4.69) is 0 Å². The van der Waals surface area contributed by atoms with Gasteiger partial charge in [0.2, 0.25) is 0 Å². The largest absolute Gasteiger partial charge is 0.299 e. The van der Waals surface area contributed by atoms with Gasteiger partial charge >= 0.3 is 0 Å². The fraction of sp³-hybridized carbons (Fsp3) is 0.900. The Hall–Kier alpha value is -0.470. The Kier molecular flexibility index (Phi) is 1.37. The third kappa shape index (κ3) is 0.785. The molecule has 13 heavy (non-hydrogen) atoms. The van der Waals surface area contributed by atoms with E-state index in [0.29, 0.717) is 0 Å². The van der Waals surface area contributed by atoms with Crippen LogP contribution in [0.3, 0.4) is 0 Å². The van der Waals surface area contributed by atoms with E-state index in [1.807, 2.05) is 0 Å². The van der Waals surface area contributed by atoms with Crippen LogP contribution in [0.25, 0.3) is 0 Å². The quantitative estimate of drug-likeness (QED) is 0.571. The van der Waals surface area contributed by atoms with Crippen molar-refractivity contribution in [2.45, 2.75) is 39.5 Å². The summed E-state index contributed by atoms with van der Waals surface area (Å²) in [7, 11) is 0. The maximum absolute atomic E-state index is 13.4. The molecule has 0 spiro atoms. The Morgan fingerprint density at radius 3 is 2.08 bits per heavy atom. The summed E-state index contributed by atoms with van der Waals surface area (Å²) in [6.45, 7) is 5.28. The maximum atomic E-state index is 13.4. The van der Waals surface area contributed by atoms with Crippen LogP contribution in [0.5, 0.6) is 0 Å². The second-order valence-electron chi connectivity index (χ2n) is 5.17. The number of ketones is 1. The second-order valence-corrected chi connectivity index (χ2v) is 5.17. The van der Waals surface area contributed by atoms with Crippen molar-refractivity contribution in [2.75, 3.05) is 0 Å². The van der Waals surface area contributed by atoms with Crippen LogP contribution < -0.4 is 0 Å². The molecule has 0 N–H and O–H groups in total. The van der Waals surface area contributed by atoms with Crippen molar-refractivity contribution < 1.29 is 13.6 Å². The predicted molar refractivity (Wildman–Crippen MR) is 44.6 cm³/mol. The Bertz CT molecular complexity index is 283. The van der Waals surface area contributed by atoms with Gasteiger partial charge in [0.15, 0.2) is 0 Å². The summed E-state index contributed by atoms with van der Waals surface area (Å²) in [5.74, 6) is -3.35. The summed E-state index contributed by atoms with van der Waals surface area (Å²) >= 11 is 0. The van der Waals surface area contributed by atoms with Gasteiger partial charge in [-0.1, -0.05) is 20.8 Å². The Morgan fingerprint density at radius 1 is 1.31 bits per heavy atom. The van der Waals surface area contributed by atoms with Gasteiger partial charge in [-0.25, -0.2) is 8.78 Å². The third-order valence-electron chi connectivity index (χ3n) is 4.40. The molecule has 2 saturated carbocycles. The molecule has 0 unspecified atom stereocenters. The van der Waals surface area contributed by atoms with Crippen LogP contribution in [-0.4, -0.2) is 11.7 Å². The first kappa shape index (κ1) is 9.10. The van der Waals surface area contributed by atoms with Crippen molar-refractivity contribution in [1.29, 1.82) is 0 Å². The first-order valence-electron chi connectivity index (χ1n) is 4.63. The summed E-state index contributed by atoms with van der Waals surface area (Å²) < 4.78 is 26.8. The Labute approximate surface area is 76.5 Å². The lowest BCUT2D eigenvalue weighted by Gasteiger charge is -2.31. The molecule has 2 aliphatic carbocycles. The molecular weight excluding hydrogens is 174 g/mol. The van der Waals surface area contributed by atoms with Crippen molar-refractivity contribution >= 4 is 5.78 Å². The zero-order valence-electron chi connectivity index (χ0n) is 8.16. The monoisotopic (exact) mass is 188 g/mol. The fourth-order valence-corrected chi connectivity index (χ4v) is 3.01. The first-order valence-corrected chi connectivity index (χ1v) is 4.63. The minimum absolute atomic E-state index is 0.0217. The summed E-state index contributed by atoms with van der Waals surface area (Å²) in [6.07, 6.45) is -0.188. The zero-order valence-corrected chi connectivity index (χ0v) is 8.16. The van der Waals surface area contributed by atoms with Gasteiger partial charge in [0.05, 0.1) is 0 Å². The molecule has 0 aromatic carbocycles.